The number of halogens is 13. The van der Waals surface area contributed by atoms with Gasteiger partial charge in [0.1, 0.15) is 0 Å². The van der Waals surface area contributed by atoms with Gasteiger partial charge in [0.2, 0.25) is 5.41 Å². The molecule has 0 heterocycles. The molecular formula is C17H9F13. The number of alkyl halides is 13. The van der Waals surface area contributed by atoms with Crippen molar-refractivity contribution >= 4 is 10.8 Å². The highest BCUT2D eigenvalue weighted by Gasteiger charge is 2.91. The standard InChI is InChI=1S/C17H9F13/c18-13(19,14(20,21)17(28,29)30)12(15(22,23)24,16(25,26)27)8-9-5-6-10-3-1-2-4-11(10)7-9/h1-7H,8H2. The smallest absolute Gasteiger partial charge is 0.198 e. The summed E-state index contributed by atoms with van der Waals surface area (Å²) >= 11 is 0. The van der Waals surface area contributed by atoms with Crippen molar-refractivity contribution in [3.8, 4) is 0 Å². The third-order valence-electron chi connectivity index (χ3n) is 4.54. The van der Waals surface area contributed by atoms with E-state index in [1.807, 2.05) is 0 Å². The zero-order chi connectivity index (χ0) is 23.4. The maximum absolute atomic E-state index is 14.1. The molecule has 0 fully saturated rings. The van der Waals surface area contributed by atoms with Gasteiger partial charge in [0.25, 0.3) is 0 Å². The first kappa shape index (κ1) is 24.1. The van der Waals surface area contributed by atoms with Crippen molar-refractivity contribution in [3.05, 3.63) is 48.0 Å². The van der Waals surface area contributed by atoms with E-state index in [0.717, 1.165) is 6.07 Å². The first-order valence-electron chi connectivity index (χ1n) is 7.73. The van der Waals surface area contributed by atoms with Gasteiger partial charge in [0, 0.05) is 6.42 Å². The van der Waals surface area contributed by atoms with Gasteiger partial charge in [-0.2, -0.15) is 57.1 Å². The van der Waals surface area contributed by atoms with Gasteiger partial charge in [0.15, 0.2) is 0 Å². The fourth-order valence-corrected chi connectivity index (χ4v) is 2.93. The largest absolute Gasteiger partial charge is 0.459 e. The normalized spacial score (nSPS) is 15.0. The summed E-state index contributed by atoms with van der Waals surface area (Å²) in [7, 11) is 0. The van der Waals surface area contributed by atoms with E-state index in [-0.39, 0.29) is 10.8 Å². The molecule has 0 aromatic heterocycles. The molecule has 2 aromatic rings. The molecule has 0 aliphatic carbocycles. The van der Waals surface area contributed by atoms with Crippen molar-refractivity contribution < 1.29 is 57.1 Å². The van der Waals surface area contributed by atoms with Gasteiger partial charge in [-0.15, -0.1) is 0 Å². The summed E-state index contributed by atoms with van der Waals surface area (Å²) in [5, 5.41) is 0.206. The van der Waals surface area contributed by atoms with E-state index < -0.39 is 47.8 Å². The van der Waals surface area contributed by atoms with Gasteiger partial charge < -0.3 is 0 Å². The Labute approximate surface area is 159 Å². The number of rotatable bonds is 4. The third-order valence-corrected chi connectivity index (χ3v) is 4.54. The molecule has 30 heavy (non-hydrogen) atoms. The van der Waals surface area contributed by atoms with E-state index in [0.29, 0.717) is 12.1 Å². The van der Waals surface area contributed by atoms with Crippen LogP contribution in [0.15, 0.2) is 42.5 Å². The summed E-state index contributed by atoms with van der Waals surface area (Å²) in [6.45, 7) is 0. The van der Waals surface area contributed by atoms with Crippen molar-refractivity contribution in [1.82, 2.24) is 0 Å². The average molecular weight is 460 g/mol. The van der Waals surface area contributed by atoms with E-state index in [1.54, 1.807) is 0 Å². The topological polar surface area (TPSA) is 0 Å². The van der Waals surface area contributed by atoms with Crippen molar-refractivity contribution in [2.75, 3.05) is 0 Å². The van der Waals surface area contributed by atoms with Crippen molar-refractivity contribution in [1.29, 1.82) is 0 Å². The van der Waals surface area contributed by atoms with Gasteiger partial charge >= 0.3 is 30.4 Å². The molecule has 0 amide bonds. The molecular weight excluding hydrogens is 451 g/mol. The highest BCUT2D eigenvalue weighted by Crippen LogP contribution is 2.66. The molecule has 0 saturated carbocycles. The van der Waals surface area contributed by atoms with Gasteiger partial charge in [-0.1, -0.05) is 42.5 Å². The number of hydrogen-bond donors (Lipinski definition) is 0. The van der Waals surface area contributed by atoms with Crippen LogP contribution in [0.4, 0.5) is 57.1 Å². The molecule has 2 rings (SSSR count). The molecule has 0 nitrogen and oxygen atoms in total. The van der Waals surface area contributed by atoms with E-state index >= 15 is 0 Å². The van der Waals surface area contributed by atoms with Gasteiger partial charge in [-0.05, 0) is 16.3 Å². The van der Waals surface area contributed by atoms with Crippen LogP contribution in [0.3, 0.4) is 0 Å². The fraction of sp³-hybridized carbons (Fsp3) is 0.412. The van der Waals surface area contributed by atoms with E-state index in [1.165, 1.54) is 24.3 Å². The second kappa shape index (κ2) is 6.91. The number of hydrogen-bond acceptors (Lipinski definition) is 0. The van der Waals surface area contributed by atoms with Crippen LogP contribution in [-0.4, -0.2) is 30.4 Å². The summed E-state index contributed by atoms with van der Waals surface area (Å²) in [5.74, 6) is -15.3. The lowest BCUT2D eigenvalue weighted by Crippen LogP contribution is -2.71. The molecule has 13 heteroatoms. The van der Waals surface area contributed by atoms with Gasteiger partial charge in [-0.3, -0.25) is 0 Å². The maximum atomic E-state index is 14.1. The summed E-state index contributed by atoms with van der Waals surface area (Å²) in [6, 6.07) is 7.24. The Hall–Kier alpha value is -2.21. The molecule has 0 atom stereocenters. The average Bonchev–Trinajstić information content (AvgIpc) is 2.55. The Morgan fingerprint density at radius 2 is 0.967 bits per heavy atom. The van der Waals surface area contributed by atoms with Crippen LogP contribution in [0.2, 0.25) is 0 Å². The van der Waals surface area contributed by atoms with Crippen molar-refractivity contribution in [2.24, 2.45) is 5.41 Å². The van der Waals surface area contributed by atoms with Crippen LogP contribution >= 0.6 is 0 Å². The van der Waals surface area contributed by atoms with Crippen LogP contribution in [0.25, 0.3) is 10.8 Å². The zero-order valence-electron chi connectivity index (χ0n) is 14.2. The first-order valence-corrected chi connectivity index (χ1v) is 7.73. The Bertz CT molecular complexity index is 888. The predicted molar refractivity (Wildman–Crippen MR) is 78.1 cm³/mol. The molecule has 0 spiro atoms. The number of benzene rings is 2. The number of fused-ring (bicyclic) bond motifs is 1. The first-order chi connectivity index (χ1) is 13.3. The van der Waals surface area contributed by atoms with Crippen LogP contribution < -0.4 is 0 Å². The third kappa shape index (κ3) is 3.45. The molecule has 0 unspecified atom stereocenters. The highest BCUT2D eigenvalue weighted by atomic mass is 19.4. The fourth-order valence-electron chi connectivity index (χ4n) is 2.93. The van der Waals surface area contributed by atoms with E-state index in [9.17, 15) is 57.1 Å². The maximum Gasteiger partial charge on any atom is 0.459 e. The van der Waals surface area contributed by atoms with Crippen molar-refractivity contribution in [2.45, 2.75) is 36.8 Å². The molecule has 0 saturated heterocycles. The van der Waals surface area contributed by atoms with Crippen LogP contribution in [0.1, 0.15) is 5.56 Å². The van der Waals surface area contributed by atoms with Crippen LogP contribution in [-0.2, 0) is 6.42 Å². The Morgan fingerprint density at radius 1 is 0.500 bits per heavy atom. The summed E-state index contributed by atoms with van der Waals surface area (Å²) in [5.41, 5.74) is -7.89. The van der Waals surface area contributed by atoms with Gasteiger partial charge in [-0.25, -0.2) is 0 Å². The van der Waals surface area contributed by atoms with Crippen molar-refractivity contribution in [3.63, 3.8) is 0 Å². The summed E-state index contributed by atoms with van der Waals surface area (Å²) in [4.78, 5) is 0. The molecule has 0 bridgehead atoms. The van der Waals surface area contributed by atoms with Crippen LogP contribution in [0.5, 0.6) is 0 Å². The summed E-state index contributed by atoms with van der Waals surface area (Å²) in [6.07, 6.45) is -24.7. The summed E-state index contributed by atoms with van der Waals surface area (Å²) < 4.78 is 172. The Kier molecular flexibility index (Phi) is 5.54. The minimum Gasteiger partial charge on any atom is -0.198 e. The quantitative estimate of drug-likeness (QED) is 0.420. The molecule has 0 aliphatic heterocycles. The molecule has 2 aromatic carbocycles. The Balaban J connectivity index is 2.82. The lowest BCUT2D eigenvalue weighted by molar-refractivity contribution is -0.460. The predicted octanol–water partition coefficient (Wildman–Crippen LogP) is 7.33. The molecule has 0 aliphatic rings. The highest BCUT2D eigenvalue weighted by molar-refractivity contribution is 5.83. The minimum atomic E-state index is -7.64. The lowest BCUT2D eigenvalue weighted by atomic mass is 9.71. The molecule has 0 radical (unpaired) electrons. The minimum absolute atomic E-state index is 0.0425. The van der Waals surface area contributed by atoms with Crippen LogP contribution in [0, 0.1) is 5.41 Å². The van der Waals surface area contributed by atoms with E-state index in [2.05, 4.69) is 0 Å². The van der Waals surface area contributed by atoms with Gasteiger partial charge in [0.05, 0.1) is 0 Å². The SMILES string of the molecule is FC(F)(F)C(F)(F)C(F)(F)C(Cc1ccc2ccccc2c1)(C(F)(F)F)C(F)(F)F. The second-order valence-corrected chi connectivity index (χ2v) is 6.41. The monoisotopic (exact) mass is 460 g/mol. The molecule has 0 N–H and O–H groups in total. The lowest BCUT2D eigenvalue weighted by Gasteiger charge is -2.45. The zero-order valence-corrected chi connectivity index (χ0v) is 14.2. The van der Waals surface area contributed by atoms with E-state index in [4.69, 9.17) is 0 Å². The second-order valence-electron chi connectivity index (χ2n) is 6.41. The Morgan fingerprint density at radius 3 is 1.40 bits per heavy atom. The molecule has 168 valence electrons.